The van der Waals surface area contributed by atoms with E-state index in [1.807, 2.05) is 0 Å². The second-order valence-corrected chi connectivity index (χ2v) is 2.57. The van der Waals surface area contributed by atoms with Crippen molar-refractivity contribution >= 4 is 11.8 Å². The molecule has 1 atom stereocenters. The molecule has 1 saturated heterocycles. The van der Waals surface area contributed by atoms with E-state index in [0.717, 1.165) is 0 Å². The Labute approximate surface area is 60.1 Å². The SMILES string of the molecule is FC(F)(F)OC1CS[CH]N1. The Bertz CT molecular complexity index is 112. The summed E-state index contributed by atoms with van der Waals surface area (Å²) in [5.41, 5.74) is 0. The van der Waals surface area contributed by atoms with Gasteiger partial charge in [0, 0.05) is 5.75 Å². The Morgan fingerprint density at radius 3 is 2.70 bits per heavy atom. The molecule has 1 aliphatic rings. The van der Waals surface area contributed by atoms with Crippen molar-refractivity contribution in [3.05, 3.63) is 5.88 Å². The first-order valence-electron chi connectivity index (χ1n) is 2.52. The van der Waals surface area contributed by atoms with Gasteiger partial charge >= 0.3 is 6.36 Å². The fourth-order valence-corrected chi connectivity index (χ4v) is 1.22. The molecule has 0 aromatic heterocycles. The van der Waals surface area contributed by atoms with Gasteiger partial charge in [-0.2, -0.15) is 0 Å². The highest BCUT2D eigenvalue weighted by Gasteiger charge is 2.34. The fraction of sp³-hybridized carbons (Fsp3) is 0.750. The molecule has 1 unspecified atom stereocenters. The smallest absolute Gasteiger partial charge is 0.277 e. The van der Waals surface area contributed by atoms with E-state index >= 15 is 0 Å². The highest BCUT2D eigenvalue weighted by molar-refractivity contribution is 8.01. The first-order chi connectivity index (χ1) is 4.58. The van der Waals surface area contributed by atoms with Gasteiger partial charge in [-0.05, 0) is 0 Å². The van der Waals surface area contributed by atoms with Crippen molar-refractivity contribution in [2.24, 2.45) is 0 Å². The largest absolute Gasteiger partial charge is 0.524 e. The monoisotopic (exact) mass is 172 g/mol. The van der Waals surface area contributed by atoms with Crippen molar-refractivity contribution in [2.45, 2.75) is 12.6 Å². The summed E-state index contributed by atoms with van der Waals surface area (Å²) in [7, 11) is 0. The molecule has 1 fully saturated rings. The molecule has 1 heterocycles. The summed E-state index contributed by atoms with van der Waals surface area (Å²) >= 11 is 1.26. The summed E-state index contributed by atoms with van der Waals surface area (Å²) in [6.07, 6.45) is -5.44. The highest BCUT2D eigenvalue weighted by Crippen LogP contribution is 2.23. The Hall–Kier alpha value is 0.0600. The van der Waals surface area contributed by atoms with Crippen LogP contribution in [0.5, 0.6) is 0 Å². The average Bonchev–Trinajstić information content (AvgIpc) is 2.12. The number of rotatable bonds is 1. The minimum Gasteiger partial charge on any atom is -0.277 e. The predicted molar refractivity (Wildman–Crippen MR) is 30.8 cm³/mol. The van der Waals surface area contributed by atoms with Gasteiger partial charge in [-0.15, -0.1) is 24.9 Å². The fourth-order valence-electron chi connectivity index (χ4n) is 0.537. The normalized spacial score (nSPS) is 27.3. The maximum atomic E-state index is 11.4. The van der Waals surface area contributed by atoms with Gasteiger partial charge in [0.25, 0.3) is 0 Å². The van der Waals surface area contributed by atoms with Crippen LogP contribution in [0.25, 0.3) is 0 Å². The number of halogens is 3. The van der Waals surface area contributed by atoms with Gasteiger partial charge in [-0.3, -0.25) is 10.1 Å². The van der Waals surface area contributed by atoms with Crippen molar-refractivity contribution < 1.29 is 17.9 Å². The van der Waals surface area contributed by atoms with Crippen LogP contribution < -0.4 is 5.32 Å². The molecular weight excluding hydrogens is 167 g/mol. The summed E-state index contributed by atoms with van der Waals surface area (Å²) < 4.78 is 37.9. The van der Waals surface area contributed by atoms with E-state index in [9.17, 15) is 13.2 Å². The van der Waals surface area contributed by atoms with Gasteiger partial charge in [0.05, 0.1) is 5.88 Å². The third-order valence-electron chi connectivity index (χ3n) is 0.861. The van der Waals surface area contributed by atoms with Crippen molar-refractivity contribution in [1.82, 2.24) is 5.32 Å². The van der Waals surface area contributed by atoms with Crippen molar-refractivity contribution in [1.29, 1.82) is 0 Å². The number of hydrogen-bond donors (Lipinski definition) is 1. The number of ether oxygens (including phenoxy) is 1. The predicted octanol–water partition coefficient (Wildman–Crippen LogP) is 1.30. The van der Waals surface area contributed by atoms with Gasteiger partial charge in [-0.1, -0.05) is 0 Å². The first kappa shape index (κ1) is 8.16. The molecule has 2 nitrogen and oxygen atoms in total. The maximum absolute atomic E-state index is 11.4. The van der Waals surface area contributed by atoms with Gasteiger partial charge in [0.15, 0.2) is 0 Å². The van der Waals surface area contributed by atoms with E-state index in [1.54, 1.807) is 0 Å². The Kier molecular flexibility index (Phi) is 2.43. The minimum absolute atomic E-state index is 0.305. The third-order valence-corrected chi connectivity index (χ3v) is 1.66. The highest BCUT2D eigenvalue weighted by atomic mass is 32.2. The second-order valence-electron chi connectivity index (χ2n) is 1.67. The molecule has 0 amide bonds. The van der Waals surface area contributed by atoms with E-state index in [2.05, 4.69) is 10.1 Å². The number of nitrogens with one attached hydrogen (secondary N) is 1. The Morgan fingerprint density at radius 2 is 2.30 bits per heavy atom. The van der Waals surface area contributed by atoms with Crippen molar-refractivity contribution in [3.8, 4) is 0 Å². The molecule has 1 N–H and O–H groups in total. The van der Waals surface area contributed by atoms with Crippen LogP contribution in [-0.2, 0) is 4.74 Å². The van der Waals surface area contributed by atoms with E-state index < -0.39 is 12.6 Å². The first-order valence-corrected chi connectivity index (χ1v) is 3.57. The quantitative estimate of drug-likeness (QED) is 0.644. The molecule has 1 radical (unpaired) electrons. The van der Waals surface area contributed by atoms with Gasteiger partial charge in [-0.25, -0.2) is 0 Å². The number of thioether (sulfide) groups is 1. The molecule has 0 aromatic carbocycles. The van der Waals surface area contributed by atoms with Crippen LogP contribution in [0.2, 0.25) is 0 Å². The number of alkyl halides is 3. The summed E-state index contributed by atoms with van der Waals surface area (Å²) in [6, 6.07) is 0. The zero-order chi connectivity index (χ0) is 7.61. The average molecular weight is 172 g/mol. The summed E-state index contributed by atoms with van der Waals surface area (Å²) in [6.45, 7) is 0. The van der Waals surface area contributed by atoms with Crippen LogP contribution in [0.3, 0.4) is 0 Å². The molecule has 6 heteroatoms. The lowest BCUT2D eigenvalue weighted by molar-refractivity contribution is -0.341. The summed E-state index contributed by atoms with van der Waals surface area (Å²) in [5, 5.41) is 2.41. The van der Waals surface area contributed by atoms with E-state index in [4.69, 9.17) is 0 Å². The van der Waals surface area contributed by atoms with Crippen LogP contribution >= 0.6 is 11.8 Å². The van der Waals surface area contributed by atoms with Crippen molar-refractivity contribution in [2.75, 3.05) is 5.75 Å². The zero-order valence-corrected chi connectivity index (χ0v) is 5.63. The van der Waals surface area contributed by atoms with Crippen LogP contribution in [0, 0.1) is 5.88 Å². The molecule has 1 aliphatic heterocycles. The van der Waals surface area contributed by atoms with E-state index in [1.165, 1.54) is 17.6 Å². The standard InChI is InChI=1S/C4H5F3NOS/c5-4(6,7)9-3-1-10-2-8-3/h2-3,8H,1H2. The molecule has 1 rings (SSSR count). The Balaban J connectivity index is 2.24. The summed E-state index contributed by atoms with van der Waals surface area (Å²) in [4.78, 5) is 0. The molecule has 0 saturated carbocycles. The van der Waals surface area contributed by atoms with Crippen LogP contribution in [-0.4, -0.2) is 18.3 Å². The molecular formula is C4H5F3NOS. The molecule has 0 aliphatic carbocycles. The topological polar surface area (TPSA) is 21.3 Å². The zero-order valence-electron chi connectivity index (χ0n) is 4.81. The van der Waals surface area contributed by atoms with Gasteiger partial charge in [0.2, 0.25) is 0 Å². The van der Waals surface area contributed by atoms with Crippen LogP contribution in [0.15, 0.2) is 0 Å². The molecule has 0 spiro atoms. The lowest BCUT2D eigenvalue weighted by atomic mass is 10.7. The van der Waals surface area contributed by atoms with Gasteiger partial charge < -0.3 is 0 Å². The minimum atomic E-state index is -4.53. The maximum Gasteiger partial charge on any atom is 0.524 e. The second kappa shape index (κ2) is 2.98. The van der Waals surface area contributed by atoms with E-state index in [0.29, 0.717) is 5.75 Å². The van der Waals surface area contributed by atoms with Gasteiger partial charge in [0.1, 0.15) is 6.23 Å². The molecule has 10 heavy (non-hydrogen) atoms. The van der Waals surface area contributed by atoms with Crippen molar-refractivity contribution in [3.63, 3.8) is 0 Å². The van der Waals surface area contributed by atoms with Crippen LogP contribution in [0.1, 0.15) is 0 Å². The lowest BCUT2D eigenvalue weighted by Crippen LogP contribution is -2.32. The summed E-state index contributed by atoms with van der Waals surface area (Å²) in [5.74, 6) is 1.79. The molecule has 0 bridgehead atoms. The van der Waals surface area contributed by atoms with E-state index in [-0.39, 0.29) is 0 Å². The molecule has 59 valence electrons. The molecule has 0 aromatic rings. The van der Waals surface area contributed by atoms with Crippen LogP contribution in [0.4, 0.5) is 13.2 Å². The lowest BCUT2D eigenvalue weighted by Gasteiger charge is -2.12. The number of hydrogen-bond acceptors (Lipinski definition) is 3. The third kappa shape index (κ3) is 2.76. The Morgan fingerprint density at radius 1 is 1.60 bits per heavy atom.